The van der Waals surface area contributed by atoms with Crippen LogP contribution in [0.4, 0.5) is 5.69 Å². The van der Waals surface area contributed by atoms with Crippen molar-refractivity contribution in [2.45, 2.75) is 53.2 Å². The molecular weight excluding hydrogens is 376 g/mol. The first kappa shape index (κ1) is 21.8. The molecule has 150 valence electrons. The largest absolute Gasteiger partial charge is 0.481 e. The highest BCUT2D eigenvalue weighted by Gasteiger charge is 2.19. The molecule has 0 radical (unpaired) electrons. The van der Waals surface area contributed by atoms with Crippen molar-refractivity contribution in [1.29, 1.82) is 0 Å². The summed E-state index contributed by atoms with van der Waals surface area (Å²) < 4.78 is 5.78. The summed E-state index contributed by atoms with van der Waals surface area (Å²) in [4.78, 5) is 25.1. The molecular formula is C22H27ClN2O3. The molecule has 2 rings (SSSR count). The molecule has 2 aromatic rings. The number of benzene rings is 2. The molecule has 0 aliphatic carbocycles. The van der Waals surface area contributed by atoms with Crippen LogP contribution in [0.5, 0.6) is 5.75 Å². The molecule has 0 spiro atoms. The quantitative estimate of drug-likeness (QED) is 0.692. The number of nitrogens with one attached hydrogen (secondary N) is 2. The Morgan fingerprint density at radius 3 is 2.32 bits per heavy atom. The summed E-state index contributed by atoms with van der Waals surface area (Å²) in [5.41, 5.74) is 2.64. The fraction of sp³-hybridized carbons (Fsp3) is 0.364. The van der Waals surface area contributed by atoms with E-state index < -0.39 is 6.10 Å². The number of hydrogen-bond donors (Lipinski definition) is 2. The third kappa shape index (κ3) is 5.49. The number of halogens is 1. The van der Waals surface area contributed by atoms with E-state index in [0.717, 1.165) is 17.5 Å². The Morgan fingerprint density at radius 2 is 1.71 bits per heavy atom. The van der Waals surface area contributed by atoms with Gasteiger partial charge < -0.3 is 15.4 Å². The Morgan fingerprint density at radius 1 is 1.11 bits per heavy atom. The molecule has 28 heavy (non-hydrogen) atoms. The van der Waals surface area contributed by atoms with Gasteiger partial charge >= 0.3 is 0 Å². The molecule has 6 heteroatoms. The average molecular weight is 403 g/mol. The molecule has 5 nitrogen and oxygen atoms in total. The van der Waals surface area contributed by atoms with E-state index in [1.54, 1.807) is 43.3 Å². The van der Waals surface area contributed by atoms with Gasteiger partial charge in [0.25, 0.3) is 11.8 Å². The Bertz CT molecular complexity index is 844. The smallest absolute Gasteiger partial charge is 0.265 e. The molecule has 2 amide bonds. The molecule has 0 saturated carbocycles. The predicted octanol–water partition coefficient (Wildman–Crippen LogP) is 4.89. The number of carbonyl (C=O) groups excluding carboxylic acids is 2. The summed E-state index contributed by atoms with van der Waals surface area (Å²) in [5.74, 6) is 0.0154. The first-order valence-corrected chi connectivity index (χ1v) is 9.74. The van der Waals surface area contributed by atoms with E-state index in [-0.39, 0.29) is 17.9 Å². The van der Waals surface area contributed by atoms with Crippen molar-refractivity contribution >= 4 is 29.1 Å². The highest BCUT2D eigenvalue weighted by Crippen LogP contribution is 2.26. The number of aryl methyl sites for hydroxylation is 2. The van der Waals surface area contributed by atoms with E-state index in [2.05, 4.69) is 10.6 Å². The lowest BCUT2D eigenvalue weighted by Gasteiger charge is -2.18. The SMILES string of the molecule is CC[C@H](C)NC(=O)c1ccccc1NC(=O)[C@@H](C)Oc1cc(C)c(Cl)c(C)c1. The lowest BCUT2D eigenvalue weighted by Crippen LogP contribution is -2.34. The third-order valence-electron chi connectivity index (χ3n) is 4.51. The molecule has 0 aliphatic heterocycles. The Kier molecular flexibility index (Phi) is 7.46. The summed E-state index contributed by atoms with van der Waals surface area (Å²) in [6, 6.07) is 10.6. The minimum Gasteiger partial charge on any atom is -0.481 e. The van der Waals surface area contributed by atoms with Crippen LogP contribution in [0.25, 0.3) is 0 Å². The fourth-order valence-electron chi connectivity index (χ4n) is 2.66. The summed E-state index contributed by atoms with van der Waals surface area (Å²) in [6.45, 7) is 9.37. The van der Waals surface area contributed by atoms with Gasteiger partial charge in [-0.1, -0.05) is 30.7 Å². The highest BCUT2D eigenvalue weighted by atomic mass is 35.5. The first-order valence-electron chi connectivity index (χ1n) is 9.37. The fourth-order valence-corrected chi connectivity index (χ4v) is 2.77. The van der Waals surface area contributed by atoms with E-state index in [4.69, 9.17) is 16.3 Å². The molecule has 0 aliphatic rings. The normalized spacial score (nSPS) is 12.8. The summed E-state index contributed by atoms with van der Waals surface area (Å²) in [5, 5.41) is 6.39. The predicted molar refractivity (Wildman–Crippen MR) is 113 cm³/mol. The van der Waals surface area contributed by atoms with E-state index in [1.807, 2.05) is 27.7 Å². The average Bonchev–Trinajstić information content (AvgIpc) is 2.66. The van der Waals surface area contributed by atoms with Crippen LogP contribution >= 0.6 is 11.6 Å². The van der Waals surface area contributed by atoms with E-state index in [1.165, 1.54) is 0 Å². The molecule has 0 saturated heterocycles. The standard InChI is InChI=1S/C22H27ClN2O3/c1-6-15(4)24-22(27)18-9-7-8-10-19(18)25-21(26)16(5)28-17-11-13(2)20(23)14(3)12-17/h7-12,15-16H,6H2,1-5H3,(H,24,27)(H,25,26)/t15-,16+/m0/s1. The molecule has 2 N–H and O–H groups in total. The third-order valence-corrected chi connectivity index (χ3v) is 5.11. The van der Waals surface area contributed by atoms with Crippen molar-refractivity contribution in [2.75, 3.05) is 5.32 Å². The maximum absolute atomic E-state index is 12.6. The zero-order chi connectivity index (χ0) is 20.8. The van der Waals surface area contributed by atoms with Gasteiger partial charge in [0.05, 0.1) is 11.3 Å². The van der Waals surface area contributed by atoms with Gasteiger partial charge in [-0.25, -0.2) is 0 Å². The monoisotopic (exact) mass is 402 g/mol. The maximum Gasteiger partial charge on any atom is 0.265 e. The van der Waals surface area contributed by atoms with E-state index in [0.29, 0.717) is 22.0 Å². The Hall–Kier alpha value is -2.53. The molecule has 0 heterocycles. The first-order chi connectivity index (χ1) is 13.2. The van der Waals surface area contributed by atoms with Gasteiger partial charge in [0, 0.05) is 11.1 Å². The van der Waals surface area contributed by atoms with Crippen LogP contribution in [0, 0.1) is 13.8 Å². The number of hydrogen-bond acceptors (Lipinski definition) is 3. The van der Waals surface area contributed by atoms with Crippen LogP contribution in [-0.4, -0.2) is 24.0 Å². The minimum atomic E-state index is -0.745. The molecule has 2 aromatic carbocycles. The van der Waals surface area contributed by atoms with Crippen molar-refractivity contribution in [3.8, 4) is 5.75 Å². The highest BCUT2D eigenvalue weighted by molar-refractivity contribution is 6.32. The van der Waals surface area contributed by atoms with Gasteiger partial charge in [-0.15, -0.1) is 0 Å². The Balaban J connectivity index is 2.11. The number of rotatable bonds is 7. The second-order valence-electron chi connectivity index (χ2n) is 6.95. The van der Waals surface area contributed by atoms with Crippen molar-refractivity contribution in [3.63, 3.8) is 0 Å². The van der Waals surface area contributed by atoms with Crippen LogP contribution in [0.2, 0.25) is 5.02 Å². The second-order valence-corrected chi connectivity index (χ2v) is 7.33. The molecule has 0 aromatic heterocycles. The van der Waals surface area contributed by atoms with Gasteiger partial charge in [0.1, 0.15) is 5.75 Å². The number of carbonyl (C=O) groups is 2. The maximum atomic E-state index is 12.6. The summed E-state index contributed by atoms with van der Waals surface area (Å²) in [6.07, 6.45) is 0.0797. The number of para-hydroxylation sites is 1. The van der Waals surface area contributed by atoms with Gasteiger partial charge in [0.2, 0.25) is 0 Å². The van der Waals surface area contributed by atoms with Gasteiger partial charge in [-0.2, -0.15) is 0 Å². The van der Waals surface area contributed by atoms with Crippen LogP contribution in [-0.2, 0) is 4.79 Å². The summed E-state index contributed by atoms with van der Waals surface area (Å²) in [7, 11) is 0. The number of amides is 2. The van der Waals surface area contributed by atoms with E-state index in [9.17, 15) is 9.59 Å². The van der Waals surface area contributed by atoms with Gasteiger partial charge in [-0.05, 0) is 69.5 Å². The van der Waals surface area contributed by atoms with Crippen LogP contribution in [0.1, 0.15) is 48.7 Å². The van der Waals surface area contributed by atoms with Gasteiger partial charge in [0.15, 0.2) is 6.10 Å². The van der Waals surface area contributed by atoms with Crippen molar-refractivity contribution in [2.24, 2.45) is 0 Å². The summed E-state index contributed by atoms with van der Waals surface area (Å²) >= 11 is 6.18. The molecule has 2 atom stereocenters. The van der Waals surface area contributed by atoms with Crippen molar-refractivity contribution in [1.82, 2.24) is 5.32 Å². The molecule has 0 fully saturated rings. The zero-order valence-corrected chi connectivity index (χ0v) is 17.7. The van der Waals surface area contributed by atoms with E-state index >= 15 is 0 Å². The lowest BCUT2D eigenvalue weighted by atomic mass is 10.1. The minimum absolute atomic E-state index is 0.0508. The molecule has 0 unspecified atom stereocenters. The number of anilines is 1. The van der Waals surface area contributed by atoms with Crippen molar-refractivity contribution in [3.05, 3.63) is 58.1 Å². The van der Waals surface area contributed by atoms with Crippen LogP contribution in [0.3, 0.4) is 0 Å². The van der Waals surface area contributed by atoms with Crippen LogP contribution in [0.15, 0.2) is 36.4 Å². The Labute approximate surface area is 171 Å². The van der Waals surface area contributed by atoms with Crippen LogP contribution < -0.4 is 15.4 Å². The topological polar surface area (TPSA) is 67.4 Å². The number of ether oxygens (including phenoxy) is 1. The van der Waals surface area contributed by atoms with Gasteiger partial charge in [-0.3, -0.25) is 9.59 Å². The molecule has 0 bridgehead atoms. The lowest BCUT2D eigenvalue weighted by molar-refractivity contribution is -0.122. The van der Waals surface area contributed by atoms with Crippen molar-refractivity contribution < 1.29 is 14.3 Å². The second kappa shape index (κ2) is 9.60. The zero-order valence-electron chi connectivity index (χ0n) is 16.9.